The Labute approximate surface area is 191 Å². The Morgan fingerprint density at radius 2 is 1.64 bits per heavy atom. The van der Waals surface area contributed by atoms with Crippen LogP contribution in [0.1, 0.15) is 44.0 Å². The van der Waals surface area contributed by atoms with Crippen LogP contribution in [0.4, 0.5) is 25.0 Å². The number of nitrogens with one attached hydrogen (secondary N) is 2. The fourth-order valence-electron chi connectivity index (χ4n) is 3.25. The van der Waals surface area contributed by atoms with Crippen molar-refractivity contribution in [2.24, 2.45) is 0 Å². The standard InChI is InChI=1S/C22H25F2N3O5S/c1-22(2,3)32-21(29)26-17-9-7-15(23)13-18(17)25-20(28)14-6-8-16(24)19(12-14)33(30,31)27-10-4-5-11-27/h6-9,12-13H,4-5,10-11H2,1-3H3,(H,25,28)(H,26,29). The summed E-state index contributed by atoms with van der Waals surface area (Å²) in [5.41, 5.74) is -0.953. The molecule has 33 heavy (non-hydrogen) atoms. The van der Waals surface area contributed by atoms with E-state index in [1.165, 1.54) is 10.4 Å². The average Bonchev–Trinajstić information content (AvgIpc) is 3.24. The first-order valence-electron chi connectivity index (χ1n) is 10.3. The van der Waals surface area contributed by atoms with E-state index in [1.54, 1.807) is 20.8 Å². The molecule has 1 saturated heterocycles. The van der Waals surface area contributed by atoms with Gasteiger partial charge in [-0.2, -0.15) is 4.31 Å². The van der Waals surface area contributed by atoms with Crippen molar-refractivity contribution in [1.82, 2.24) is 4.31 Å². The second-order valence-electron chi connectivity index (χ2n) is 8.53. The molecule has 0 aromatic heterocycles. The van der Waals surface area contributed by atoms with Crippen LogP contribution in [-0.2, 0) is 14.8 Å². The Bertz CT molecular complexity index is 1170. The van der Waals surface area contributed by atoms with E-state index in [1.807, 2.05) is 0 Å². The molecule has 0 bridgehead atoms. The Hall–Kier alpha value is -3.05. The number of sulfonamides is 1. The second-order valence-corrected chi connectivity index (χ2v) is 10.4. The normalized spacial score (nSPS) is 14.7. The van der Waals surface area contributed by atoms with Crippen LogP contribution in [0.3, 0.4) is 0 Å². The van der Waals surface area contributed by atoms with Gasteiger partial charge in [0.05, 0.1) is 11.4 Å². The maximum absolute atomic E-state index is 14.4. The quantitative estimate of drug-likeness (QED) is 0.661. The topological polar surface area (TPSA) is 105 Å². The zero-order valence-electron chi connectivity index (χ0n) is 18.4. The number of halogens is 2. The summed E-state index contributed by atoms with van der Waals surface area (Å²) in [4.78, 5) is 24.3. The fraction of sp³-hybridized carbons (Fsp3) is 0.364. The maximum Gasteiger partial charge on any atom is 0.412 e. The highest BCUT2D eigenvalue weighted by Gasteiger charge is 2.30. The summed E-state index contributed by atoms with van der Waals surface area (Å²) < 4.78 is 60.0. The molecule has 1 fully saturated rings. The third kappa shape index (κ3) is 6.05. The molecule has 2 amide bonds. The molecule has 1 aliphatic rings. The molecule has 3 rings (SSSR count). The third-order valence-corrected chi connectivity index (χ3v) is 6.66. The first-order chi connectivity index (χ1) is 15.4. The van der Waals surface area contributed by atoms with Crippen molar-refractivity contribution < 1.29 is 31.5 Å². The first-order valence-corrected chi connectivity index (χ1v) is 11.7. The summed E-state index contributed by atoms with van der Waals surface area (Å²) in [7, 11) is -4.10. The monoisotopic (exact) mass is 481 g/mol. The van der Waals surface area contributed by atoms with Crippen molar-refractivity contribution >= 4 is 33.4 Å². The summed E-state index contributed by atoms with van der Waals surface area (Å²) >= 11 is 0. The van der Waals surface area contributed by atoms with Gasteiger partial charge in [0, 0.05) is 18.7 Å². The van der Waals surface area contributed by atoms with Crippen LogP contribution >= 0.6 is 0 Å². The molecule has 0 spiro atoms. The fourth-order valence-corrected chi connectivity index (χ4v) is 4.85. The Kier molecular flexibility index (Phi) is 7.03. The summed E-state index contributed by atoms with van der Waals surface area (Å²) in [5.74, 6) is -2.47. The van der Waals surface area contributed by atoms with E-state index in [0.29, 0.717) is 12.8 Å². The molecule has 2 aromatic carbocycles. The van der Waals surface area contributed by atoms with Crippen LogP contribution in [0.15, 0.2) is 41.3 Å². The molecule has 0 saturated carbocycles. The molecule has 2 N–H and O–H groups in total. The van der Waals surface area contributed by atoms with Gasteiger partial charge in [0.25, 0.3) is 5.91 Å². The summed E-state index contributed by atoms with van der Waals surface area (Å²) in [6.07, 6.45) is 0.535. The molecule has 1 heterocycles. The van der Waals surface area contributed by atoms with Gasteiger partial charge in [-0.1, -0.05) is 0 Å². The maximum atomic E-state index is 14.4. The highest BCUT2D eigenvalue weighted by atomic mass is 32.2. The molecule has 0 atom stereocenters. The third-order valence-electron chi connectivity index (χ3n) is 4.74. The van der Waals surface area contributed by atoms with E-state index in [4.69, 9.17) is 4.74 Å². The number of ether oxygens (including phenoxy) is 1. The van der Waals surface area contributed by atoms with Gasteiger partial charge in [-0.25, -0.2) is 22.0 Å². The van der Waals surface area contributed by atoms with Crippen molar-refractivity contribution in [2.45, 2.75) is 44.1 Å². The lowest BCUT2D eigenvalue weighted by Gasteiger charge is -2.20. The zero-order valence-corrected chi connectivity index (χ0v) is 19.3. The zero-order chi connectivity index (χ0) is 24.4. The van der Waals surface area contributed by atoms with E-state index in [9.17, 15) is 26.8 Å². The van der Waals surface area contributed by atoms with Crippen LogP contribution in [0.25, 0.3) is 0 Å². The molecule has 2 aromatic rings. The number of carbonyl (C=O) groups excluding carboxylic acids is 2. The van der Waals surface area contributed by atoms with E-state index in [0.717, 1.165) is 30.3 Å². The number of hydrogen-bond acceptors (Lipinski definition) is 5. The number of anilines is 2. The van der Waals surface area contributed by atoms with Gasteiger partial charge in [-0.3, -0.25) is 10.1 Å². The minimum Gasteiger partial charge on any atom is -0.444 e. The minimum atomic E-state index is -4.10. The smallest absolute Gasteiger partial charge is 0.412 e. The van der Waals surface area contributed by atoms with E-state index in [-0.39, 0.29) is 30.0 Å². The Morgan fingerprint density at radius 3 is 2.27 bits per heavy atom. The van der Waals surface area contributed by atoms with E-state index >= 15 is 0 Å². The van der Waals surface area contributed by atoms with Crippen molar-refractivity contribution in [1.29, 1.82) is 0 Å². The van der Waals surface area contributed by atoms with Crippen molar-refractivity contribution in [3.8, 4) is 0 Å². The van der Waals surface area contributed by atoms with Gasteiger partial charge in [0.15, 0.2) is 0 Å². The number of benzene rings is 2. The lowest BCUT2D eigenvalue weighted by molar-refractivity contribution is 0.0635. The Morgan fingerprint density at radius 1 is 0.970 bits per heavy atom. The van der Waals surface area contributed by atoms with Crippen LogP contribution in [-0.4, -0.2) is 43.4 Å². The number of carbonyl (C=O) groups is 2. The highest BCUT2D eigenvalue weighted by molar-refractivity contribution is 7.89. The predicted octanol–water partition coefficient (Wildman–Crippen LogP) is 4.35. The molecular formula is C22H25F2N3O5S. The van der Waals surface area contributed by atoms with Crippen molar-refractivity contribution in [2.75, 3.05) is 23.7 Å². The molecule has 0 aliphatic carbocycles. The van der Waals surface area contributed by atoms with Gasteiger partial charge in [-0.05, 0) is 70.0 Å². The molecule has 8 nitrogen and oxygen atoms in total. The van der Waals surface area contributed by atoms with Crippen LogP contribution < -0.4 is 10.6 Å². The second kappa shape index (κ2) is 9.44. The van der Waals surface area contributed by atoms with Crippen LogP contribution in [0, 0.1) is 11.6 Å². The molecule has 0 radical (unpaired) electrons. The van der Waals surface area contributed by atoms with Crippen molar-refractivity contribution in [3.05, 3.63) is 53.6 Å². The summed E-state index contributed by atoms with van der Waals surface area (Å²) in [5, 5.41) is 4.85. The van der Waals surface area contributed by atoms with Crippen LogP contribution in [0.5, 0.6) is 0 Å². The van der Waals surface area contributed by atoms with Crippen molar-refractivity contribution in [3.63, 3.8) is 0 Å². The highest BCUT2D eigenvalue weighted by Crippen LogP contribution is 2.27. The number of amides is 2. The van der Waals surface area contributed by atoms with Gasteiger partial charge >= 0.3 is 6.09 Å². The molecule has 178 valence electrons. The number of nitrogens with zero attached hydrogens (tertiary/aromatic N) is 1. The largest absolute Gasteiger partial charge is 0.444 e. The molecule has 0 unspecified atom stereocenters. The number of hydrogen-bond donors (Lipinski definition) is 2. The first kappa shape index (κ1) is 24.6. The number of rotatable bonds is 5. The van der Waals surface area contributed by atoms with Gasteiger partial charge in [-0.15, -0.1) is 0 Å². The molecular weight excluding hydrogens is 456 g/mol. The lowest BCUT2D eigenvalue weighted by Crippen LogP contribution is -2.29. The average molecular weight is 482 g/mol. The van der Waals surface area contributed by atoms with Gasteiger partial charge in [0.1, 0.15) is 22.1 Å². The lowest BCUT2D eigenvalue weighted by atomic mass is 10.2. The van der Waals surface area contributed by atoms with E-state index < -0.39 is 44.2 Å². The SMILES string of the molecule is CC(C)(C)OC(=O)Nc1ccc(F)cc1NC(=O)c1ccc(F)c(S(=O)(=O)N2CCCC2)c1. The van der Waals surface area contributed by atoms with Gasteiger partial charge in [0.2, 0.25) is 10.0 Å². The predicted molar refractivity (Wildman–Crippen MR) is 119 cm³/mol. The van der Waals surface area contributed by atoms with Gasteiger partial charge < -0.3 is 10.1 Å². The molecule has 11 heteroatoms. The van der Waals surface area contributed by atoms with Crippen LogP contribution in [0.2, 0.25) is 0 Å². The van der Waals surface area contributed by atoms with E-state index in [2.05, 4.69) is 10.6 Å². The summed E-state index contributed by atoms with van der Waals surface area (Å²) in [6.45, 7) is 5.56. The summed E-state index contributed by atoms with van der Waals surface area (Å²) in [6, 6.07) is 6.26. The minimum absolute atomic E-state index is 0.0611. The Balaban J connectivity index is 1.86. The molecule has 1 aliphatic heterocycles.